The number of carbonyl (C=O) groups is 2. The standard InChI is InChI=1S/C11H19N3O4S/c1-19(17,18)13-8-4-6-14(7-5-8)11(16)9-2-3-10(15)12-9/h8-9,13H,2-7H2,1H3,(H,12,15). The van der Waals surface area contributed by atoms with Crippen LogP contribution in [0.25, 0.3) is 0 Å². The molecule has 0 aromatic rings. The molecule has 2 fully saturated rings. The SMILES string of the molecule is CS(=O)(=O)NC1CCN(C(=O)C2CCC(=O)N2)CC1. The fourth-order valence-electron chi connectivity index (χ4n) is 2.54. The van der Waals surface area contributed by atoms with Crippen LogP contribution in [0.1, 0.15) is 25.7 Å². The number of nitrogens with zero attached hydrogens (tertiary/aromatic N) is 1. The van der Waals surface area contributed by atoms with Crippen molar-refractivity contribution in [2.75, 3.05) is 19.3 Å². The Bertz CT molecular complexity index is 468. The Hall–Kier alpha value is -1.15. The summed E-state index contributed by atoms with van der Waals surface area (Å²) in [5.41, 5.74) is 0. The van der Waals surface area contributed by atoms with Crippen molar-refractivity contribution >= 4 is 21.8 Å². The molecule has 0 aromatic carbocycles. The van der Waals surface area contributed by atoms with E-state index in [2.05, 4.69) is 10.0 Å². The monoisotopic (exact) mass is 289 g/mol. The predicted molar refractivity (Wildman–Crippen MR) is 68.7 cm³/mol. The predicted octanol–water partition coefficient (Wildman–Crippen LogP) is -1.19. The van der Waals surface area contributed by atoms with Crippen LogP contribution in [-0.2, 0) is 19.6 Å². The smallest absolute Gasteiger partial charge is 0.245 e. The van der Waals surface area contributed by atoms with E-state index in [-0.39, 0.29) is 17.9 Å². The molecule has 19 heavy (non-hydrogen) atoms. The summed E-state index contributed by atoms with van der Waals surface area (Å²) in [4.78, 5) is 24.9. The number of amides is 2. The van der Waals surface area contributed by atoms with Gasteiger partial charge in [-0.2, -0.15) is 0 Å². The van der Waals surface area contributed by atoms with Gasteiger partial charge in [0.2, 0.25) is 21.8 Å². The van der Waals surface area contributed by atoms with Gasteiger partial charge in [0.15, 0.2) is 0 Å². The van der Waals surface area contributed by atoms with E-state index in [1.165, 1.54) is 0 Å². The lowest BCUT2D eigenvalue weighted by atomic mass is 10.0. The number of likely N-dealkylation sites (tertiary alicyclic amines) is 1. The number of piperidine rings is 1. The minimum absolute atomic E-state index is 0.0522. The Morgan fingerprint density at radius 2 is 1.95 bits per heavy atom. The van der Waals surface area contributed by atoms with Gasteiger partial charge in [-0.3, -0.25) is 9.59 Å². The first-order valence-corrected chi connectivity index (χ1v) is 8.30. The molecule has 0 spiro atoms. The number of hydrogen-bond donors (Lipinski definition) is 2. The highest BCUT2D eigenvalue weighted by molar-refractivity contribution is 7.88. The van der Waals surface area contributed by atoms with E-state index in [4.69, 9.17) is 0 Å². The molecule has 2 aliphatic rings. The zero-order valence-corrected chi connectivity index (χ0v) is 11.7. The average Bonchev–Trinajstić information content (AvgIpc) is 2.74. The second kappa shape index (κ2) is 5.46. The molecule has 8 heteroatoms. The second-order valence-corrected chi connectivity index (χ2v) is 6.93. The summed E-state index contributed by atoms with van der Waals surface area (Å²) >= 11 is 0. The molecule has 0 bridgehead atoms. The number of hydrogen-bond acceptors (Lipinski definition) is 4. The maximum Gasteiger partial charge on any atom is 0.245 e. The average molecular weight is 289 g/mol. The molecule has 0 aliphatic carbocycles. The molecule has 2 rings (SSSR count). The molecule has 7 nitrogen and oxygen atoms in total. The molecule has 2 N–H and O–H groups in total. The first kappa shape index (κ1) is 14.3. The largest absolute Gasteiger partial charge is 0.344 e. The highest BCUT2D eigenvalue weighted by Gasteiger charge is 2.32. The van der Waals surface area contributed by atoms with Crippen LogP contribution < -0.4 is 10.0 Å². The van der Waals surface area contributed by atoms with Gasteiger partial charge in [0.25, 0.3) is 0 Å². The van der Waals surface area contributed by atoms with Crippen molar-refractivity contribution in [1.29, 1.82) is 0 Å². The van der Waals surface area contributed by atoms with E-state index in [1.807, 2.05) is 0 Å². The number of sulfonamides is 1. The fourth-order valence-corrected chi connectivity index (χ4v) is 3.38. The van der Waals surface area contributed by atoms with Crippen LogP contribution in [0, 0.1) is 0 Å². The molecular formula is C11H19N3O4S. The highest BCUT2D eigenvalue weighted by Crippen LogP contribution is 2.15. The molecule has 2 heterocycles. The van der Waals surface area contributed by atoms with Gasteiger partial charge in [0.1, 0.15) is 6.04 Å². The van der Waals surface area contributed by atoms with Gasteiger partial charge in [0, 0.05) is 25.6 Å². The topological polar surface area (TPSA) is 95.6 Å². The van der Waals surface area contributed by atoms with E-state index in [0.29, 0.717) is 38.8 Å². The Morgan fingerprint density at radius 3 is 2.42 bits per heavy atom. The molecule has 0 saturated carbocycles. The van der Waals surface area contributed by atoms with Crippen molar-refractivity contribution in [3.05, 3.63) is 0 Å². The molecular weight excluding hydrogens is 270 g/mol. The first-order chi connectivity index (χ1) is 8.85. The maximum atomic E-state index is 12.1. The summed E-state index contributed by atoms with van der Waals surface area (Å²) in [5, 5.41) is 2.66. The van der Waals surface area contributed by atoms with Gasteiger partial charge in [-0.15, -0.1) is 0 Å². The minimum atomic E-state index is -3.19. The number of nitrogens with one attached hydrogen (secondary N) is 2. The molecule has 1 unspecified atom stereocenters. The number of rotatable bonds is 3. The third-order valence-electron chi connectivity index (χ3n) is 3.48. The molecule has 2 amide bonds. The maximum absolute atomic E-state index is 12.1. The van der Waals surface area contributed by atoms with Crippen LogP contribution in [0.15, 0.2) is 0 Å². The van der Waals surface area contributed by atoms with Crippen molar-refractivity contribution in [3.63, 3.8) is 0 Å². The van der Waals surface area contributed by atoms with Crippen LogP contribution >= 0.6 is 0 Å². The third kappa shape index (κ3) is 3.90. The fraction of sp³-hybridized carbons (Fsp3) is 0.818. The normalized spacial score (nSPS) is 25.4. The Labute approximate surface area is 112 Å². The quantitative estimate of drug-likeness (QED) is 0.682. The Balaban J connectivity index is 1.83. The van der Waals surface area contributed by atoms with Crippen LogP contribution in [0.2, 0.25) is 0 Å². The zero-order chi connectivity index (χ0) is 14.0. The minimum Gasteiger partial charge on any atom is -0.344 e. The lowest BCUT2D eigenvalue weighted by Gasteiger charge is -2.33. The van der Waals surface area contributed by atoms with Gasteiger partial charge < -0.3 is 10.2 Å². The van der Waals surface area contributed by atoms with E-state index in [9.17, 15) is 18.0 Å². The molecule has 108 valence electrons. The summed E-state index contributed by atoms with van der Waals surface area (Å²) in [6.45, 7) is 1.05. The highest BCUT2D eigenvalue weighted by atomic mass is 32.2. The van der Waals surface area contributed by atoms with Gasteiger partial charge in [-0.05, 0) is 19.3 Å². The van der Waals surface area contributed by atoms with Gasteiger partial charge in [-0.1, -0.05) is 0 Å². The van der Waals surface area contributed by atoms with Crippen molar-refractivity contribution in [2.45, 2.75) is 37.8 Å². The van der Waals surface area contributed by atoms with Gasteiger partial charge in [-0.25, -0.2) is 13.1 Å². The molecule has 2 saturated heterocycles. The van der Waals surface area contributed by atoms with E-state index < -0.39 is 16.1 Å². The summed E-state index contributed by atoms with van der Waals surface area (Å²) in [5.74, 6) is -0.129. The summed E-state index contributed by atoms with van der Waals surface area (Å²) in [6.07, 6.45) is 3.32. The van der Waals surface area contributed by atoms with Crippen molar-refractivity contribution in [3.8, 4) is 0 Å². The lowest BCUT2D eigenvalue weighted by Crippen LogP contribution is -2.51. The molecule has 2 aliphatic heterocycles. The second-order valence-electron chi connectivity index (χ2n) is 5.15. The van der Waals surface area contributed by atoms with Gasteiger partial charge >= 0.3 is 0 Å². The number of carbonyl (C=O) groups excluding carboxylic acids is 2. The molecule has 0 radical (unpaired) electrons. The van der Waals surface area contributed by atoms with Gasteiger partial charge in [0.05, 0.1) is 6.26 Å². The zero-order valence-electron chi connectivity index (χ0n) is 10.9. The molecule has 0 aromatic heterocycles. The summed E-state index contributed by atoms with van der Waals surface area (Å²) in [6, 6.07) is -0.496. The third-order valence-corrected chi connectivity index (χ3v) is 4.24. The van der Waals surface area contributed by atoms with Crippen molar-refractivity contribution in [1.82, 2.24) is 14.9 Å². The van der Waals surface area contributed by atoms with E-state index in [0.717, 1.165) is 6.26 Å². The van der Waals surface area contributed by atoms with Crippen LogP contribution in [0.4, 0.5) is 0 Å². The van der Waals surface area contributed by atoms with Crippen LogP contribution in [-0.4, -0.2) is 56.6 Å². The Morgan fingerprint density at radius 1 is 1.32 bits per heavy atom. The van der Waals surface area contributed by atoms with Crippen LogP contribution in [0.3, 0.4) is 0 Å². The van der Waals surface area contributed by atoms with E-state index >= 15 is 0 Å². The Kier molecular flexibility index (Phi) is 4.10. The summed E-state index contributed by atoms with van der Waals surface area (Å²) < 4.78 is 24.8. The molecule has 1 atom stereocenters. The van der Waals surface area contributed by atoms with Crippen molar-refractivity contribution in [2.24, 2.45) is 0 Å². The van der Waals surface area contributed by atoms with Crippen LogP contribution in [0.5, 0.6) is 0 Å². The first-order valence-electron chi connectivity index (χ1n) is 6.40. The van der Waals surface area contributed by atoms with Crippen molar-refractivity contribution < 1.29 is 18.0 Å². The summed E-state index contributed by atoms with van der Waals surface area (Å²) in [7, 11) is -3.19. The lowest BCUT2D eigenvalue weighted by molar-refractivity contribution is -0.135. The van der Waals surface area contributed by atoms with E-state index in [1.54, 1.807) is 4.90 Å².